The zero-order chi connectivity index (χ0) is 22.2. The molecular weight excluding hydrogens is 618 g/mol. The Balaban J connectivity index is 1.75. The summed E-state index contributed by atoms with van der Waals surface area (Å²) < 4.78 is 18.5. The maximum Gasteiger partial charge on any atom is 0.343 e. The topological polar surface area (TPSA) is 44.8 Å². The average molecular weight is 640 g/mol. The number of ether oxygens (including phenoxy) is 3. The molecule has 0 aromatic heterocycles. The van der Waals surface area contributed by atoms with Gasteiger partial charge in [0.15, 0.2) is 6.61 Å². The molecule has 0 aliphatic rings. The minimum absolute atomic E-state index is 0.115. The highest BCUT2D eigenvalue weighted by Gasteiger charge is 2.08. The number of aryl methyl sites for hydroxylation is 1. The van der Waals surface area contributed by atoms with Crippen molar-refractivity contribution >= 4 is 56.7 Å². The molecule has 3 rings (SSSR count). The van der Waals surface area contributed by atoms with Crippen molar-refractivity contribution in [3.8, 4) is 11.5 Å². The number of hydrogen-bond donors (Lipinski definition) is 0. The van der Waals surface area contributed by atoms with E-state index in [2.05, 4.69) is 105 Å². The van der Waals surface area contributed by atoms with Crippen molar-refractivity contribution in [2.24, 2.45) is 0 Å². The molecule has 0 N–H and O–H groups in total. The number of methoxy groups -OCH3 is 1. The Morgan fingerprint density at radius 1 is 0.871 bits per heavy atom. The van der Waals surface area contributed by atoms with E-state index < -0.39 is 5.97 Å². The average Bonchev–Trinajstić information content (AvgIpc) is 2.77. The molecule has 31 heavy (non-hydrogen) atoms. The van der Waals surface area contributed by atoms with Crippen LogP contribution in [0.25, 0.3) is 5.57 Å². The van der Waals surface area contributed by atoms with E-state index in [1.807, 2.05) is 19.1 Å². The SMILES string of the molecule is COC(=O)COc1ccc(OCC=C(c2ccc(I)cc2)c2ccc(I)cc2)cc1C. The molecule has 0 aliphatic carbocycles. The summed E-state index contributed by atoms with van der Waals surface area (Å²) in [6.07, 6.45) is 2.10. The number of carbonyl (C=O) groups is 1. The second kappa shape index (κ2) is 11.5. The summed E-state index contributed by atoms with van der Waals surface area (Å²) >= 11 is 4.62. The molecule has 0 bridgehead atoms. The standard InChI is InChI=1S/C25H22I2O4/c1-17-15-22(11-12-24(17)31-16-25(28)29-2)30-14-13-23(18-3-7-20(26)8-4-18)19-5-9-21(27)10-6-19/h3-13,15H,14,16H2,1-2H3. The quantitative estimate of drug-likeness (QED) is 0.215. The fourth-order valence-electron chi connectivity index (χ4n) is 2.95. The molecule has 0 saturated carbocycles. The van der Waals surface area contributed by atoms with Gasteiger partial charge in [-0.15, -0.1) is 0 Å². The Labute approximate surface area is 209 Å². The molecule has 3 aromatic carbocycles. The first-order valence-corrected chi connectivity index (χ1v) is 11.8. The van der Waals surface area contributed by atoms with Crippen LogP contribution >= 0.6 is 45.2 Å². The third kappa shape index (κ3) is 6.96. The van der Waals surface area contributed by atoms with Gasteiger partial charge in [0.2, 0.25) is 0 Å². The van der Waals surface area contributed by atoms with Crippen LogP contribution in [-0.4, -0.2) is 26.3 Å². The van der Waals surface area contributed by atoms with Crippen molar-refractivity contribution < 1.29 is 19.0 Å². The summed E-state index contributed by atoms with van der Waals surface area (Å²) in [5, 5.41) is 0. The lowest BCUT2D eigenvalue weighted by Gasteiger charge is -2.12. The van der Waals surface area contributed by atoms with Crippen LogP contribution in [0.15, 0.2) is 72.8 Å². The van der Waals surface area contributed by atoms with E-state index in [0.717, 1.165) is 28.0 Å². The molecule has 0 fully saturated rings. The lowest BCUT2D eigenvalue weighted by Crippen LogP contribution is -2.13. The predicted molar refractivity (Wildman–Crippen MR) is 140 cm³/mol. The number of esters is 1. The normalized spacial score (nSPS) is 10.3. The van der Waals surface area contributed by atoms with E-state index in [9.17, 15) is 4.79 Å². The van der Waals surface area contributed by atoms with Crippen molar-refractivity contribution in [1.29, 1.82) is 0 Å². The molecule has 4 nitrogen and oxygen atoms in total. The van der Waals surface area contributed by atoms with E-state index in [-0.39, 0.29) is 6.61 Å². The van der Waals surface area contributed by atoms with Crippen molar-refractivity contribution in [1.82, 2.24) is 0 Å². The summed E-state index contributed by atoms with van der Waals surface area (Å²) in [4.78, 5) is 11.3. The Morgan fingerprint density at radius 3 is 1.97 bits per heavy atom. The fourth-order valence-corrected chi connectivity index (χ4v) is 3.67. The first-order valence-electron chi connectivity index (χ1n) is 9.61. The largest absolute Gasteiger partial charge is 0.489 e. The third-order valence-corrected chi connectivity index (χ3v) is 6.01. The Morgan fingerprint density at radius 2 is 1.45 bits per heavy atom. The molecular formula is C25H22I2O4. The zero-order valence-electron chi connectivity index (χ0n) is 17.2. The van der Waals surface area contributed by atoms with Gasteiger partial charge in [0, 0.05) is 7.14 Å². The molecule has 0 heterocycles. The molecule has 6 heteroatoms. The molecule has 0 spiro atoms. The number of benzene rings is 3. The van der Waals surface area contributed by atoms with Gasteiger partial charge in [-0.05, 0) is 123 Å². The summed E-state index contributed by atoms with van der Waals surface area (Å²) in [6, 6.07) is 22.5. The molecule has 160 valence electrons. The van der Waals surface area contributed by atoms with E-state index >= 15 is 0 Å². The second-order valence-corrected chi connectivity index (χ2v) is 9.23. The Hall–Kier alpha value is -2.07. The number of hydrogen-bond acceptors (Lipinski definition) is 4. The second-order valence-electron chi connectivity index (χ2n) is 6.73. The maximum atomic E-state index is 11.3. The third-order valence-electron chi connectivity index (χ3n) is 4.57. The van der Waals surface area contributed by atoms with Crippen LogP contribution in [0.3, 0.4) is 0 Å². The summed E-state index contributed by atoms with van der Waals surface area (Å²) in [5.74, 6) is 0.957. The van der Waals surface area contributed by atoms with Crippen LogP contribution in [-0.2, 0) is 9.53 Å². The van der Waals surface area contributed by atoms with E-state index in [1.54, 1.807) is 6.07 Å². The van der Waals surface area contributed by atoms with Gasteiger partial charge in [0.25, 0.3) is 0 Å². The molecule has 0 atom stereocenters. The molecule has 3 aromatic rings. The minimum atomic E-state index is -0.413. The lowest BCUT2D eigenvalue weighted by atomic mass is 9.98. The van der Waals surface area contributed by atoms with Gasteiger partial charge < -0.3 is 14.2 Å². The summed E-state index contributed by atoms with van der Waals surface area (Å²) in [5.41, 5.74) is 4.31. The van der Waals surface area contributed by atoms with Crippen molar-refractivity contribution in [3.05, 3.63) is 96.6 Å². The minimum Gasteiger partial charge on any atom is -0.489 e. The van der Waals surface area contributed by atoms with Crippen molar-refractivity contribution in [2.45, 2.75) is 6.92 Å². The number of halogens is 2. The van der Waals surface area contributed by atoms with Crippen molar-refractivity contribution in [3.63, 3.8) is 0 Å². The van der Waals surface area contributed by atoms with Gasteiger partial charge in [-0.3, -0.25) is 0 Å². The van der Waals surface area contributed by atoms with Crippen LogP contribution in [0, 0.1) is 14.1 Å². The van der Waals surface area contributed by atoms with E-state index in [4.69, 9.17) is 9.47 Å². The first kappa shape index (κ1) is 23.6. The Kier molecular flexibility index (Phi) is 8.77. The molecule has 0 saturated heterocycles. The molecule has 0 radical (unpaired) electrons. The van der Waals surface area contributed by atoms with E-state index in [0.29, 0.717) is 12.4 Å². The monoisotopic (exact) mass is 640 g/mol. The molecule has 0 amide bonds. The fraction of sp³-hybridized carbons (Fsp3) is 0.160. The van der Waals surface area contributed by atoms with Gasteiger partial charge >= 0.3 is 5.97 Å². The highest BCUT2D eigenvalue weighted by atomic mass is 127. The zero-order valence-corrected chi connectivity index (χ0v) is 21.5. The van der Waals surface area contributed by atoms with Crippen LogP contribution in [0.1, 0.15) is 16.7 Å². The molecule has 0 unspecified atom stereocenters. The first-order chi connectivity index (χ1) is 15.0. The lowest BCUT2D eigenvalue weighted by molar-refractivity contribution is -0.142. The smallest absolute Gasteiger partial charge is 0.343 e. The van der Waals surface area contributed by atoms with Crippen LogP contribution in [0.2, 0.25) is 0 Å². The Bertz CT molecular complexity index is 1010. The highest BCUT2D eigenvalue weighted by Crippen LogP contribution is 2.26. The summed E-state index contributed by atoms with van der Waals surface area (Å²) in [7, 11) is 1.34. The molecule has 0 aliphatic heterocycles. The highest BCUT2D eigenvalue weighted by molar-refractivity contribution is 14.1. The maximum absolute atomic E-state index is 11.3. The van der Waals surface area contributed by atoms with Gasteiger partial charge in [0.1, 0.15) is 18.1 Å². The number of rotatable bonds is 8. The van der Waals surface area contributed by atoms with Crippen molar-refractivity contribution in [2.75, 3.05) is 20.3 Å². The van der Waals surface area contributed by atoms with Crippen LogP contribution in [0.5, 0.6) is 11.5 Å². The van der Waals surface area contributed by atoms with Gasteiger partial charge in [0.05, 0.1) is 7.11 Å². The van der Waals surface area contributed by atoms with Crippen LogP contribution < -0.4 is 9.47 Å². The van der Waals surface area contributed by atoms with Gasteiger partial charge in [-0.2, -0.15) is 0 Å². The van der Waals surface area contributed by atoms with Crippen LogP contribution in [0.4, 0.5) is 0 Å². The summed E-state index contributed by atoms with van der Waals surface area (Å²) in [6.45, 7) is 2.22. The van der Waals surface area contributed by atoms with Gasteiger partial charge in [-0.25, -0.2) is 4.79 Å². The predicted octanol–water partition coefficient (Wildman–Crippen LogP) is 6.27. The van der Waals surface area contributed by atoms with E-state index in [1.165, 1.54) is 14.3 Å². The number of carbonyl (C=O) groups excluding carboxylic acids is 1. The van der Waals surface area contributed by atoms with Gasteiger partial charge in [-0.1, -0.05) is 24.3 Å².